The maximum absolute atomic E-state index is 8.90. The molecule has 1 unspecified atom stereocenters. The molecule has 0 radical (unpaired) electrons. The fourth-order valence-corrected chi connectivity index (χ4v) is 2.42. The Kier molecular flexibility index (Phi) is 6.29. The molecule has 0 aliphatic rings. The van der Waals surface area contributed by atoms with Crippen LogP contribution in [0.4, 0.5) is 5.82 Å². The summed E-state index contributed by atoms with van der Waals surface area (Å²) in [4.78, 5) is 8.93. The third-order valence-corrected chi connectivity index (χ3v) is 3.42. The number of aromatic nitrogens is 2. The second-order valence-electron chi connectivity index (χ2n) is 3.95. The molecular weight excluding hydrogens is 234 g/mol. The number of rotatable bonds is 7. The summed E-state index contributed by atoms with van der Waals surface area (Å²) in [6, 6.07) is 1.96. The molecule has 0 saturated carbocycles. The normalized spacial score (nSPS) is 12.5. The summed E-state index contributed by atoms with van der Waals surface area (Å²) in [5.41, 5.74) is 0. The fraction of sp³-hybridized carbons (Fsp3) is 0.667. The molecule has 0 aromatic carbocycles. The first kappa shape index (κ1) is 14.3. The molecule has 1 atom stereocenters. The molecule has 0 bridgehead atoms. The second kappa shape index (κ2) is 7.50. The van der Waals surface area contributed by atoms with Crippen LogP contribution >= 0.6 is 11.8 Å². The van der Waals surface area contributed by atoms with E-state index in [0.29, 0.717) is 5.25 Å². The van der Waals surface area contributed by atoms with E-state index < -0.39 is 0 Å². The van der Waals surface area contributed by atoms with Gasteiger partial charge in [0.1, 0.15) is 16.7 Å². The van der Waals surface area contributed by atoms with Gasteiger partial charge in [0, 0.05) is 31.4 Å². The molecule has 1 aromatic heterocycles. The van der Waals surface area contributed by atoms with Gasteiger partial charge in [-0.15, -0.1) is 11.8 Å². The largest absolute Gasteiger partial charge is 0.396 e. The summed E-state index contributed by atoms with van der Waals surface area (Å²) >= 11 is 1.69. The van der Waals surface area contributed by atoms with Crippen LogP contribution in [0.5, 0.6) is 0 Å². The molecule has 1 heterocycles. The molecule has 0 aliphatic carbocycles. The van der Waals surface area contributed by atoms with E-state index in [1.165, 1.54) is 0 Å². The minimum atomic E-state index is 0.222. The standard InChI is InChI=1S/C12H21N3OS/c1-4-5-10-14-11(13-3)8-12(15-10)17-9(2)6-7-16/h8-9,16H,4-7H2,1-3H3,(H,13,14,15). The lowest BCUT2D eigenvalue weighted by molar-refractivity contribution is 0.289. The Morgan fingerprint density at radius 2 is 2.24 bits per heavy atom. The summed E-state index contributed by atoms with van der Waals surface area (Å²) in [6.07, 6.45) is 2.73. The lowest BCUT2D eigenvalue weighted by atomic mass is 10.3. The van der Waals surface area contributed by atoms with Gasteiger partial charge in [0.05, 0.1) is 0 Å². The van der Waals surface area contributed by atoms with E-state index in [-0.39, 0.29) is 6.61 Å². The monoisotopic (exact) mass is 255 g/mol. The van der Waals surface area contributed by atoms with Crippen molar-refractivity contribution in [2.45, 2.75) is 43.4 Å². The van der Waals surface area contributed by atoms with Crippen molar-refractivity contribution in [1.29, 1.82) is 0 Å². The Balaban J connectivity index is 2.79. The summed E-state index contributed by atoms with van der Waals surface area (Å²) in [5.74, 6) is 1.75. The summed E-state index contributed by atoms with van der Waals surface area (Å²) in [6.45, 7) is 4.44. The highest BCUT2D eigenvalue weighted by molar-refractivity contribution is 7.99. The number of nitrogens with one attached hydrogen (secondary N) is 1. The Labute approximate surface area is 107 Å². The minimum absolute atomic E-state index is 0.222. The van der Waals surface area contributed by atoms with Crippen LogP contribution in [0.25, 0.3) is 0 Å². The maximum atomic E-state index is 8.90. The van der Waals surface area contributed by atoms with E-state index in [0.717, 1.165) is 35.9 Å². The topological polar surface area (TPSA) is 58.0 Å². The van der Waals surface area contributed by atoms with E-state index in [2.05, 4.69) is 29.1 Å². The smallest absolute Gasteiger partial charge is 0.132 e. The van der Waals surface area contributed by atoms with Crippen molar-refractivity contribution in [3.05, 3.63) is 11.9 Å². The zero-order chi connectivity index (χ0) is 12.7. The fourth-order valence-electron chi connectivity index (χ4n) is 1.44. The molecule has 96 valence electrons. The Morgan fingerprint density at radius 3 is 2.82 bits per heavy atom. The predicted octanol–water partition coefficient (Wildman–Crippen LogP) is 2.33. The summed E-state index contributed by atoms with van der Waals surface area (Å²) in [7, 11) is 1.86. The number of nitrogens with zero attached hydrogens (tertiary/aromatic N) is 2. The number of aryl methyl sites for hydroxylation is 1. The van der Waals surface area contributed by atoms with Gasteiger partial charge in [-0.3, -0.25) is 0 Å². The van der Waals surface area contributed by atoms with Gasteiger partial charge in [0.15, 0.2) is 0 Å². The molecule has 1 aromatic rings. The first-order chi connectivity index (χ1) is 8.19. The SMILES string of the molecule is CCCc1nc(NC)cc(SC(C)CCO)n1. The number of hydrogen-bond donors (Lipinski definition) is 2. The third kappa shape index (κ3) is 4.91. The van der Waals surface area contributed by atoms with Crippen LogP contribution < -0.4 is 5.32 Å². The van der Waals surface area contributed by atoms with Crippen LogP contribution in [-0.2, 0) is 6.42 Å². The third-order valence-electron chi connectivity index (χ3n) is 2.34. The first-order valence-corrected chi connectivity index (χ1v) is 6.90. The second-order valence-corrected chi connectivity index (χ2v) is 5.41. The average molecular weight is 255 g/mol. The number of anilines is 1. The number of hydrogen-bond acceptors (Lipinski definition) is 5. The van der Waals surface area contributed by atoms with Gasteiger partial charge in [0.25, 0.3) is 0 Å². The van der Waals surface area contributed by atoms with Gasteiger partial charge < -0.3 is 10.4 Å². The molecule has 17 heavy (non-hydrogen) atoms. The summed E-state index contributed by atoms with van der Waals surface area (Å²) in [5, 5.41) is 13.3. The molecule has 0 spiro atoms. The zero-order valence-electron chi connectivity index (χ0n) is 10.7. The van der Waals surface area contributed by atoms with Crippen LogP contribution in [0.2, 0.25) is 0 Å². The number of thioether (sulfide) groups is 1. The zero-order valence-corrected chi connectivity index (χ0v) is 11.5. The van der Waals surface area contributed by atoms with Crippen LogP contribution in [0.3, 0.4) is 0 Å². The molecule has 4 nitrogen and oxygen atoms in total. The molecule has 5 heteroatoms. The van der Waals surface area contributed by atoms with Crippen molar-refractivity contribution < 1.29 is 5.11 Å². The Bertz CT molecular complexity index is 347. The molecule has 0 fully saturated rings. The van der Waals surface area contributed by atoms with Crippen LogP contribution in [0.1, 0.15) is 32.5 Å². The summed E-state index contributed by atoms with van der Waals surface area (Å²) < 4.78 is 0. The van der Waals surface area contributed by atoms with Crippen molar-refractivity contribution in [3.63, 3.8) is 0 Å². The molecule has 2 N–H and O–H groups in total. The maximum Gasteiger partial charge on any atom is 0.132 e. The van der Waals surface area contributed by atoms with Crippen LogP contribution in [0, 0.1) is 0 Å². The molecular formula is C12H21N3OS. The highest BCUT2D eigenvalue weighted by atomic mass is 32.2. The lowest BCUT2D eigenvalue weighted by Gasteiger charge is -2.11. The van der Waals surface area contributed by atoms with Crippen LogP contribution in [0.15, 0.2) is 11.1 Å². The van der Waals surface area contributed by atoms with Gasteiger partial charge in [-0.25, -0.2) is 9.97 Å². The Morgan fingerprint density at radius 1 is 1.47 bits per heavy atom. The van der Waals surface area contributed by atoms with E-state index in [4.69, 9.17) is 5.11 Å². The van der Waals surface area contributed by atoms with Crippen molar-refractivity contribution in [1.82, 2.24) is 9.97 Å². The van der Waals surface area contributed by atoms with E-state index in [9.17, 15) is 0 Å². The minimum Gasteiger partial charge on any atom is -0.396 e. The molecule has 0 aliphatic heterocycles. The first-order valence-electron chi connectivity index (χ1n) is 6.02. The van der Waals surface area contributed by atoms with Crippen molar-refractivity contribution in [2.75, 3.05) is 19.0 Å². The van der Waals surface area contributed by atoms with Crippen molar-refractivity contribution >= 4 is 17.6 Å². The average Bonchev–Trinajstić information content (AvgIpc) is 2.29. The van der Waals surface area contributed by atoms with Crippen molar-refractivity contribution in [3.8, 4) is 0 Å². The molecule has 1 rings (SSSR count). The molecule has 0 saturated heterocycles. The highest BCUT2D eigenvalue weighted by Crippen LogP contribution is 2.25. The predicted molar refractivity (Wildman–Crippen MR) is 72.6 cm³/mol. The Hall–Kier alpha value is -0.810. The highest BCUT2D eigenvalue weighted by Gasteiger charge is 2.08. The quantitative estimate of drug-likeness (QED) is 0.578. The number of aliphatic hydroxyl groups is 1. The van der Waals surface area contributed by atoms with Crippen LogP contribution in [-0.4, -0.2) is 34.0 Å². The molecule has 0 amide bonds. The van der Waals surface area contributed by atoms with Gasteiger partial charge in [-0.05, 0) is 12.8 Å². The van der Waals surface area contributed by atoms with E-state index in [1.54, 1.807) is 11.8 Å². The van der Waals surface area contributed by atoms with E-state index >= 15 is 0 Å². The lowest BCUT2D eigenvalue weighted by Crippen LogP contribution is -2.04. The van der Waals surface area contributed by atoms with Gasteiger partial charge >= 0.3 is 0 Å². The van der Waals surface area contributed by atoms with Gasteiger partial charge in [-0.1, -0.05) is 13.8 Å². The number of aliphatic hydroxyl groups excluding tert-OH is 1. The van der Waals surface area contributed by atoms with Crippen molar-refractivity contribution in [2.24, 2.45) is 0 Å². The van der Waals surface area contributed by atoms with E-state index in [1.807, 2.05) is 13.1 Å². The van der Waals surface area contributed by atoms with Gasteiger partial charge in [-0.2, -0.15) is 0 Å². The van der Waals surface area contributed by atoms with Gasteiger partial charge in [0.2, 0.25) is 0 Å².